The fourth-order valence-electron chi connectivity index (χ4n) is 5.52. The summed E-state index contributed by atoms with van der Waals surface area (Å²) in [6.45, 7) is 4.62. The first-order valence-corrected chi connectivity index (χ1v) is 13.6. The summed E-state index contributed by atoms with van der Waals surface area (Å²) >= 11 is 4.03. The number of fused-ring (bicyclic) bond motifs is 6. The van der Waals surface area contributed by atoms with Crippen molar-refractivity contribution in [3.8, 4) is 0 Å². The lowest BCUT2D eigenvalue weighted by molar-refractivity contribution is 0.506. The molecule has 0 aliphatic heterocycles. The maximum absolute atomic E-state index is 2.46. The zero-order valence-corrected chi connectivity index (χ0v) is 20.2. The first-order chi connectivity index (χ1) is 15.1. The van der Waals surface area contributed by atoms with Crippen molar-refractivity contribution in [1.82, 2.24) is 0 Å². The van der Waals surface area contributed by atoms with Crippen molar-refractivity contribution in [2.24, 2.45) is 11.8 Å². The molecule has 5 aromatic rings. The maximum atomic E-state index is 2.46. The minimum absolute atomic E-state index is 0.704. The molecular formula is C29H30S2. The van der Waals surface area contributed by atoms with Gasteiger partial charge in [0.25, 0.3) is 0 Å². The van der Waals surface area contributed by atoms with Gasteiger partial charge >= 0.3 is 0 Å². The minimum atomic E-state index is 0.704. The molecule has 0 radical (unpaired) electrons. The van der Waals surface area contributed by atoms with Crippen molar-refractivity contribution in [2.45, 2.75) is 58.8 Å². The van der Waals surface area contributed by atoms with Crippen molar-refractivity contribution in [1.29, 1.82) is 0 Å². The van der Waals surface area contributed by atoms with Crippen LogP contribution in [0.2, 0.25) is 0 Å². The standard InChI is InChI=1S/C29H30S2/c1-18(2)13-25-15-23-11-9-21-16-26-20(17-27(21)29(23)31-25)8-10-22-14-24(30-28(22)26)12-7-19-5-3-4-6-19/h8-11,14-19H,3-7,12-13H2,1-2H3. The quantitative estimate of drug-likeness (QED) is 0.238. The summed E-state index contributed by atoms with van der Waals surface area (Å²) in [6, 6.07) is 19.1. The van der Waals surface area contributed by atoms with Crippen molar-refractivity contribution >= 4 is 64.4 Å². The van der Waals surface area contributed by atoms with Gasteiger partial charge in [-0.3, -0.25) is 0 Å². The topological polar surface area (TPSA) is 0 Å². The molecule has 3 aromatic carbocycles. The number of thiophene rings is 2. The van der Waals surface area contributed by atoms with E-state index in [-0.39, 0.29) is 0 Å². The van der Waals surface area contributed by atoms with Gasteiger partial charge in [-0.2, -0.15) is 0 Å². The Labute approximate surface area is 192 Å². The molecule has 0 spiro atoms. The first kappa shape index (κ1) is 19.8. The summed E-state index contributed by atoms with van der Waals surface area (Å²) in [5.74, 6) is 1.68. The average molecular weight is 443 g/mol. The molecule has 1 fully saturated rings. The predicted octanol–water partition coefficient (Wildman–Crippen LogP) is 9.74. The molecule has 2 aromatic heterocycles. The molecule has 2 heteroatoms. The monoisotopic (exact) mass is 442 g/mol. The molecular weight excluding hydrogens is 412 g/mol. The molecule has 0 bridgehead atoms. The van der Waals surface area contributed by atoms with Crippen LogP contribution in [0, 0.1) is 11.8 Å². The maximum Gasteiger partial charge on any atom is 0.0424 e. The number of aryl methyl sites for hydroxylation is 1. The van der Waals surface area contributed by atoms with Gasteiger partial charge in [0.1, 0.15) is 0 Å². The zero-order chi connectivity index (χ0) is 20.9. The number of hydrogen-bond donors (Lipinski definition) is 0. The van der Waals surface area contributed by atoms with Crippen LogP contribution < -0.4 is 0 Å². The third kappa shape index (κ3) is 3.68. The first-order valence-electron chi connectivity index (χ1n) is 11.9. The molecule has 2 heterocycles. The summed E-state index contributed by atoms with van der Waals surface area (Å²) in [5, 5.41) is 8.44. The molecule has 1 saturated carbocycles. The van der Waals surface area contributed by atoms with Gasteiger partial charge in [-0.1, -0.05) is 63.8 Å². The highest BCUT2D eigenvalue weighted by Gasteiger charge is 2.16. The predicted molar refractivity (Wildman–Crippen MR) is 141 cm³/mol. The molecule has 6 rings (SSSR count). The normalized spacial score (nSPS) is 15.5. The van der Waals surface area contributed by atoms with E-state index in [1.165, 1.54) is 91.5 Å². The van der Waals surface area contributed by atoms with E-state index in [0.717, 1.165) is 5.92 Å². The van der Waals surface area contributed by atoms with Crippen LogP contribution in [0.4, 0.5) is 0 Å². The third-order valence-electron chi connectivity index (χ3n) is 7.10. The second-order valence-corrected chi connectivity index (χ2v) is 12.2. The Morgan fingerprint density at radius 2 is 1.29 bits per heavy atom. The Morgan fingerprint density at radius 1 is 0.742 bits per heavy atom. The fourth-order valence-corrected chi connectivity index (χ4v) is 8.11. The van der Waals surface area contributed by atoms with Gasteiger partial charge in [-0.15, -0.1) is 22.7 Å². The average Bonchev–Trinajstić information content (AvgIpc) is 3.49. The Kier molecular flexibility index (Phi) is 5.04. The highest BCUT2D eigenvalue weighted by molar-refractivity contribution is 7.20. The lowest BCUT2D eigenvalue weighted by atomic mass is 10.00. The van der Waals surface area contributed by atoms with E-state index < -0.39 is 0 Å². The summed E-state index contributed by atoms with van der Waals surface area (Å²) in [4.78, 5) is 3.08. The second kappa shape index (κ2) is 7.90. The number of benzene rings is 3. The van der Waals surface area contributed by atoms with E-state index >= 15 is 0 Å². The van der Waals surface area contributed by atoms with Crippen molar-refractivity contribution in [2.75, 3.05) is 0 Å². The van der Waals surface area contributed by atoms with E-state index in [1.54, 1.807) is 4.88 Å². The van der Waals surface area contributed by atoms with Crippen LogP contribution in [0.1, 0.15) is 55.7 Å². The Balaban J connectivity index is 1.43. The molecule has 0 atom stereocenters. The SMILES string of the molecule is CC(C)Cc1cc2ccc3cc4c(ccc5cc(CCC6CCCC6)sc54)cc3c2s1. The Hall–Kier alpha value is -1.90. The molecule has 158 valence electrons. The minimum Gasteiger partial charge on any atom is -0.140 e. The van der Waals surface area contributed by atoms with Crippen LogP contribution in [-0.2, 0) is 12.8 Å². The van der Waals surface area contributed by atoms with Gasteiger partial charge in [0, 0.05) is 29.9 Å². The third-order valence-corrected chi connectivity index (χ3v) is 9.55. The summed E-state index contributed by atoms with van der Waals surface area (Å²) in [7, 11) is 0. The van der Waals surface area contributed by atoms with Crippen LogP contribution in [0.15, 0.2) is 48.5 Å². The molecule has 0 N–H and O–H groups in total. The van der Waals surface area contributed by atoms with Crippen LogP contribution in [-0.4, -0.2) is 0 Å². The van der Waals surface area contributed by atoms with Gasteiger partial charge in [0.05, 0.1) is 0 Å². The second-order valence-electron chi connectivity index (χ2n) is 9.97. The lowest BCUT2D eigenvalue weighted by Gasteiger charge is -2.06. The van der Waals surface area contributed by atoms with E-state index in [1.807, 2.05) is 22.7 Å². The fraction of sp³-hybridized carbons (Fsp3) is 0.379. The van der Waals surface area contributed by atoms with Crippen LogP contribution in [0.3, 0.4) is 0 Å². The van der Waals surface area contributed by atoms with Crippen LogP contribution >= 0.6 is 22.7 Å². The van der Waals surface area contributed by atoms with Crippen LogP contribution in [0.5, 0.6) is 0 Å². The highest BCUT2D eigenvalue weighted by Crippen LogP contribution is 2.40. The van der Waals surface area contributed by atoms with E-state index in [0.29, 0.717) is 5.92 Å². The van der Waals surface area contributed by atoms with Crippen molar-refractivity contribution < 1.29 is 0 Å². The van der Waals surface area contributed by atoms with Gasteiger partial charge in [0.2, 0.25) is 0 Å². The zero-order valence-electron chi connectivity index (χ0n) is 18.5. The summed E-state index contributed by atoms with van der Waals surface area (Å²) < 4.78 is 2.94. The number of hydrogen-bond acceptors (Lipinski definition) is 2. The lowest BCUT2D eigenvalue weighted by Crippen LogP contribution is -1.94. The van der Waals surface area contributed by atoms with Crippen molar-refractivity contribution in [3.63, 3.8) is 0 Å². The molecule has 0 saturated heterocycles. The largest absolute Gasteiger partial charge is 0.140 e. The smallest absolute Gasteiger partial charge is 0.0424 e. The van der Waals surface area contributed by atoms with E-state index in [4.69, 9.17) is 0 Å². The summed E-state index contributed by atoms with van der Waals surface area (Å²) in [6.07, 6.45) is 9.62. The van der Waals surface area contributed by atoms with Gasteiger partial charge in [-0.25, -0.2) is 0 Å². The summed E-state index contributed by atoms with van der Waals surface area (Å²) in [5.41, 5.74) is 0. The van der Waals surface area contributed by atoms with Crippen LogP contribution in [0.25, 0.3) is 41.7 Å². The van der Waals surface area contributed by atoms with Gasteiger partial charge in [-0.05, 0) is 76.9 Å². The molecule has 1 aliphatic carbocycles. The van der Waals surface area contributed by atoms with E-state index in [2.05, 4.69) is 62.4 Å². The number of rotatable bonds is 5. The van der Waals surface area contributed by atoms with Gasteiger partial charge in [0.15, 0.2) is 0 Å². The van der Waals surface area contributed by atoms with Gasteiger partial charge < -0.3 is 0 Å². The van der Waals surface area contributed by atoms with Crippen molar-refractivity contribution in [3.05, 3.63) is 58.3 Å². The Morgan fingerprint density at radius 3 is 1.90 bits per heavy atom. The molecule has 0 unspecified atom stereocenters. The Bertz CT molecular complexity index is 1390. The molecule has 31 heavy (non-hydrogen) atoms. The molecule has 1 aliphatic rings. The highest BCUT2D eigenvalue weighted by atomic mass is 32.1. The molecule has 0 amide bonds. The molecule has 0 nitrogen and oxygen atoms in total. The van der Waals surface area contributed by atoms with E-state index in [9.17, 15) is 0 Å².